The molecule has 0 spiro atoms. The van der Waals surface area contributed by atoms with E-state index < -0.39 is 15.6 Å². The molecule has 0 amide bonds. The maximum Gasteiger partial charge on any atom is 0.241 e. The summed E-state index contributed by atoms with van der Waals surface area (Å²) in [6.07, 6.45) is 3.22. The summed E-state index contributed by atoms with van der Waals surface area (Å²) >= 11 is 0. The zero-order valence-corrected chi connectivity index (χ0v) is 15.9. The van der Waals surface area contributed by atoms with Crippen molar-refractivity contribution in [3.63, 3.8) is 0 Å². The Labute approximate surface area is 149 Å². The van der Waals surface area contributed by atoms with Crippen molar-refractivity contribution in [3.8, 4) is 0 Å². The number of benzene rings is 1. The highest BCUT2D eigenvalue weighted by Gasteiger charge is 2.47. The number of furan rings is 1. The molecule has 1 aliphatic rings. The van der Waals surface area contributed by atoms with Crippen LogP contribution in [0.5, 0.6) is 0 Å². The summed E-state index contributed by atoms with van der Waals surface area (Å²) in [6.45, 7) is 7.35. The molecule has 0 radical (unpaired) electrons. The van der Waals surface area contributed by atoms with Gasteiger partial charge in [0.1, 0.15) is 11.4 Å². The molecule has 2 aromatic rings. The topological polar surface area (TPSA) is 79.5 Å². The Morgan fingerprint density at radius 1 is 1.20 bits per heavy atom. The fraction of sp³-hybridized carbons (Fsp3) is 0.474. The summed E-state index contributed by atoms with van der Waals surface area (Å²) in [5.41, 5.74) is 2.04. The lowest BCUT2D eigenvalue weighted by atomic mass is 9.95. The van der Waals surface area contributed by atoms with Crippen molar-refractivity contribution in [3.05, 3.63) is 52.5 Å². The highest BCUT2D eigenvalue weighted by Crippen LogP contribution is 2.45. The van der Waals surface area contributed by atoms with E-state index in [0.29, 0.717) is 10.7 Å². The minimum absolute atomic E-state index is 0.0165. The van der Waals surface area contributed by atoms with Crippen LogP contribution in [-0.4, -0.2) is 20.1 Å². The summed E-state index contributed by atoms with van der Waals surface area (Å²) in [5.74, 6) is 0.425. The third kappa shape index (κ3) is 3.26. The first kappa shape index (κ1) is 18.2. The third-order valence-electron chi connectivity index (χ3n) is 5.30. The van der Waals surface area contributed by atoms with Crippen molar-refractivity contribution in [1.82, 2.24) is 4.72 Å². The van der Waals surface area contributed by atoms with Gasteiger partial charge in [-0.05, 0) is 80.8 Å². The molecule has 25 heavy (non-hydrogen) atoms. The van der Waals surface area contributed by atoms with Gasteiger partial charge in [-0.2, -0.15) is 0 Å². The van der Waals surface area contributed by atoms with E-state index in [9.17, 15) is 13.5 Å². The lowest BCUT2D eigenvalue weighted by molar-refractivity contribution is -0.00225. The van der Waals surface area contributed by atoms with E-state index >= 15 is 0 Å². The molecular weight excluding hydrogens is 338 g/mol. The Bertz CT molecular complexity index is 856. The van der Waals surface area contributed by atoms with Gasteiger partial charge in [0.2, 0.25) is 10.0 Å². The molecule has 1 unspecified atom stereocenters. The number of aliphatic hydroxyl groups is 1. The van der Waals surface area contributed by atoms with Gasteiger partial charge >= 0.3 is 0 Å². The van der Waals surface area contributed by atoms with Crippen molar-refractivity contribution < 1.29 is 17.9 Å². The van der Waals surface area contributed by atoms with E-state index in [-0.39, 0.29) is 12.5 Å². The van der Waals surface area contributed by atoms with Gasteiger partial charge in [-0.15, -0.1) is 0 Å². The monoisotopic (exact) mass is 363 g/mol. The summed E-state index contributed by atoms with van der Waals surface area (Å²) < 4.78 is 34.0. The van der Waals surface area contributed by atoms with Crippen molar-refractivity contribution in [1.29, 1.82) is 0 Å². The Balaban J connectivity index is 1.93. The maximum atomic E-state index is 13.0. The minimum atomic E-state index is -3.75. The Hall–Kier alpha value is -1.63. The molecule has 2 N–H and O–H groups in total. The summed E-state index contributed by atoms with van der Waals surface area (Å²) in [7, 11) is -3.75. The first-order valence-corrected chi connectivity index (χ1v) is 9.98. The molecule has 1 fully saturated rings. The number of hydrogen-bond acceptors (Lipinski definition) is 4. The van der Waals surface area contributed by atoms with Crippen LogP contribution in [-0.2, 0) is 15.6 Å². The average Bonchev–Trinajstić information content (AvgIpc) is 3.26. The van der Waals surface area contributed by atoms with E-state index in [0.717, 1.165) is 35.1 Å². The minimum Gasteiger partial charge on any atom is -0.466 e. The van der Waals surface area contributed by atoms with Gasteiger partial charge in [0.15, 0.2) is 0 Å². The molecule has 6 heteroatoms. The predicted molar refractivity (Wildman–Crippen MR) is 95.9 cm³/mol. The molecule has 1 aromatic carbocycles. The molecular formula is C19H25NO4S. The van der Waals surface area contributed by atoms with Gasteiger partial charge in [-0.25, -0.2) is 13.1 Å². The van der Waals surface area contributed by atoms with Crippen LogP contribution in [0.3, 0.4) is 0 Å². The lowest BCUT2D eigenvalue weighted by Crippen LogP contribution is -2.42. The van der Waals surface area contributed by atoms with E-state index in [1.165, 1.54) is 6.26 Å². The normalized spacial score (nSPS) is 17.5. The van der Waals surface area contributed by atoms with Crippen LogP contribution in [0, 0.1) is 33.6 Å². The van der Waals surface area contributed by atoms with Gasteiger partial charge in [0, 0.05) is 6.54 Å². The highest BCUT2D eigenvalue weighted by molar-refractivity contribution is 7.89. The average molecular weight is 363 g/mol. The lowest BCUT2D eigenvalue weighted by Gasteiger charge is -2.27. The summed E-state index contributed by atoms with van der Waals surface area (Å²) in [4.78, 5) is 0.308. The van der Waals surface area contributed by atoms with Crippen LogP contribution in [0.2, 0.25) is 0 Å². The number of nitrogens with one attached hydrogen (secondary N) is 1. The largest absolute Gasteiger partial charge is 0.466 e. The fourth-order valence-electron chi connectivity index (χ4n) is 3.38. The Kier molecular flexibility index (Phi) is 4.56. The number of rotatable bonds is 6. The predicted octanol–water partition coefficient (Wildman–Crippen LogP) is 3.09. The quantitative estimate of drug-likeness (QED) is 0.826. The number of aryl methyl sites for hydroxylation is 2. The molecule has 1 atom stereocenters. The second kappa shape index (κ2) is 6.27. The molecule has 1 heterocycles. The fourth-order valence-corrected chi connectivity index (χ4v) is 5.06. The first-order valence-electron chi connectivity index (χ1n) is 8.50. The van der Waals surface area contributed by atoms with Gasteiger partial charge < -0.3 is 9.52 Å². The molecule has 1 aromatic heterocycles. The first-order chi connectivity index (χ1) is 11.7. The van der Waals surface area contributed by atoms with Gasteiger partial charge in [0.25, 0.3) is 0 Å². The van der Waals surface area contributed by atoms with E-state index in [1.807, 2.05) is 33.8 Å². The van der Waals surface area contributed by atoms with Gasteiger partial charge in [-0.3, -0.25) is 0 Å². The van der Waals surface area contributed by atoms with Crippen LogP contribution in [0.1, 0.15) is 40.9 Å². The second-order valence-corrected chi connectivity index (χ2v) is 8.79. The summed E-state index contributed by atoms with van der Waals surface area (Å²) in [6, 6.07) is 5.39. The standard InChI is InChI=1S/C19H25NO4S/c1-12-10-13(2)15(4)18(14(12)3)25(22,23)20-11-19(21,16-7-8-16)17-6-5-9-24-17/h5-6,9-10,16,20-21H,7-8,11H2,1-4H3. The van der Waals surface area contributed by atoms with Crippen LogP contribution in [0.4, 0.5) is 0 Å². The molecule has 0 saturated heterocycles. The maximum absolute atomic E-state index is 13.0. The van der Waals surface area contributed by atoms with Crippen LogP contribution >= 0.6 is 0 Å². The Morgan fingerprint density at radius 2 is 1.80 bits per heavy atom. The van der Waals surface area contributed by atoms with Crippen molar-refractivity contribution in [2.75, 3.05) is 6.54 Å². The molecule has 136 valence electrons. The Morgan fingerprint density at radius 3 is 2.28 bits per heavy atom. The molecule has 0 bridgehead atoms. The molecule has 1 saturated carbocycles. The second-order valence-electron chi connectivity index (χ2n) is 7.09. The molecule has 3 rings (SSSR count). The molecule has 1 aliphatic carbocycles. The SMILES string of the molecule is Cc1cc(C)c(C)c(S(=O)(=O)NCC(O)(c2ccco2)C2CC2)c1C. The van der Waals surface area contributed by atoms with Crippen molar-refractivity contribution in [2.45, 2.75) is 51.0 Å². The third-order valence-corrected chi connectivity index (χ3v) is 6.97. The zero-order valence-electron chi connectivity index (χ0n) is 15.1. The van der Waals surface area contributed by atoms with Gasteiger partial charge in [0.05, 0.1) is 11.2 Å². The van der Waals surface area contributed by atoms with E-state index in [2.05, 4.69) is 4.72 Å². The van der Waals surface area contributed by atoms with E-state index in [1.54, 1.807) is 12.1 Å². The van der Waals surface area contributed by atoms with Crippen LogP contribution in [0.15, 0.2) is 33.8 Å². The zero-order chi connectivity index (χ0) is 18.4. The number of hydrogen-bond donors (Lipinski definition) is 2. The molecule has 5 nitrogen and oxygen atoms in total. The van der Waals surface area contributed by atoms with Crippen molar-refractivity contribution in [2.24, 2.45) is 5.92 Å². The van der Waals surface area contributed by atoms with Crippen LogP contribution < -0.4 is 4.72 Å². The number of sulfonamides is 1. The molecule has 0 aliphatic heterocycles. The van der Waals surface area contributed by atoms with E-state index in [4.69, 9.17) is 4.42 Å². The van der Waals surface area contributed by atoms with Crippen molar-refractivity contribution >= 4 is 10.0 Å². The smallest absolute Gasteiger partial charge is 0.241 e. The van der Waals surface area contributed by atoms with Gasteiger partial charge in [-0.1, -0.05) is 6.07 Å². The summed E-state index contributed by atoms with van der Waals surface area (Å²) in [5, 5.41) is 11.0. The highest BCUT2D eigenvalue weighted by atomic mass is 32.2. The van der Waals surface area contributed by atoms with Crippen LogP contribution in [0.25, 0.3) is 0 Å².